The van der Waals surface area contributed by atoms with Crippen LogP contribution in [0.4, 0.5) is 5.69 Å². The molecule has 0 spiro atoms. The van der Waals surface area contributed by atoms with Gasteiger partial charge in [-0.2, -0.15) is 10.5 Å². The van der Waals surface area contributed by atoms with Gasteiger partial charge in [-0.05, 0) is 18.9 Å². The van der Waals surface area contributed by atoms with Crippen LogP contribution in [-0.2, 0) is 0 Å². The van der Waals surface area contributed by atoms with E-state index in [-0.39, 0.29) is 0 Å². The van der Waals surface area contributed by atoms with Gasteiger partial charge in [-0.1, -0.05) is 82.9 Å². The van der Waals surface area contributed by atoms with Crippen molar-refractivity contribution in [1.29, 1.82) is 0 Å². The van der Waals surface area contributed by atoms with E-state index in [0.717, 1.165) is 12.1 Å². The third-order valence-corrected chi connectivity index (χ3v) is 4.26. The Kier molecular flexibility index (Phi) is 7.34. The second-order valence-corrected chi connectivity index (χ2v) is 6.10. The summed E-state index contributed by atoms with van der Waals surface area (Å²) < 4.78 is 0. The molecule has 2 heteroatoms. The summed E-state index contributed by atoms with van der Waals surface area (Å²) in [6.45, 7) is 2.28. The summed E-state index contributed by atoms with van der Waals surface area (Å²) in [4.78, 5) is 0. The standard InChI is InChI=1S/C19H29N2/c1-2-3-4-5-6-7-8-9-10-11-15-18-17-14-12-13-16-19(17)21-20-18/h12-14,16H,2-11,15H2,1H3. The van der Waals surface area contributed by atoms with E-state index in [1.807, 2.05) is 12.1 Å². The SMILES string of the molecule is CCCCCCCCCCCCC1=N[N]c2ccccc21. The topological polar surface area (TPSA) is 26.5 Å². The van der Waals surface area contributed by atoms with E-state index < -0.39 is 0 Å². The first-order valence-electron chi connectivity index (χ1n) is 8.79. The van der Waals surface area contributed by atoms with Gasteiger partial charge in [-0.3, -0.25) is 0 Å². The average Bonchev–Trinajstić information content (AvgIpc) is 2.92. The highest BCUT2D eigenvalue weighted by Gasteiger charge is 2.15. The molecular formula is C19H29N2. The predicted octanol–water partition coefficient (Wildman–Crippen LogP) is 5.95. The van der Waals surface area contributed by atoms with E-state index in [1.54, 1.807) is 0 Å². The second-order valence-electron chi connectivity index (χ2n) is 6.10. The van der Waals surface area contributed by atoms with Gasteiger partial charge in [0.05, 0.1) is 11.4 Å². The number of hydrogen-bond donors (Lipinski definition) is 0. The van der Waals surface area contributed by atoms with Crippen LogP contribution in [-0.4, -0.2) is 5.71 Å². The number of hydrogen-bond acceptors (Lipinski definition) is 1. The van der Waals surface area contributed by atoms with Gasteiger partial charge in [0, 0.05) is 5.56 Å². The number of unbranched alkanes of at least 4 members (excludes halogenated alkanes) is 9. The van der Waals surface area contributed by atoms with E-state index in [9.17, 15) is 0 Å². The normalized spacial score (nSPS) is 12.9. The van der Waals surface area contributed by atoms with Crippen molar-refractivity contribution in [2.75, 3.05) is 0 Å². The molecule has 2 nitrogen and oxygen atoms in total. The lowest BCUT2D eigenvalue weighted by Crippen LogP contribution is -1.96. The fraction of sp³-hybridized carbons (Fsp3) is 0.632. The fourth-order valence-corrected chi connectivity index (χ4v) is 2.94. The van der Waals surface area contributed by atoms with Crippen LogP contribution in [0, 0.1) is 0 Å². The van der Waals surface area contributed by atoms with Crippen LogP contribution in [0.15, 0.2) is 29.4 Å². The molecule has 1 aromatic carbocycles. The smallest absolute Gasteiger partial charge is 0.0948 e. The minimum atomic E-state index is 1.04. The first-order chi connectivity index (χ1) is 10.4. The lowest BCUT2D eigenvalue weighted by Gasteiger charge is -2.03. The van der Waals surface area contributed by atoms with Crippen molar-refractivity contribution in [1.82, 2.24) is 5.43 Å². The van der Waals surface area contributed by atoms with E-state index >= 15 is 0 Å². The third-order valence-electron chi connectivity index (χ3n) is 4.26. The second kappa shape index (κ2) is 9.59. The van der Waals surface area contributed by atoms with Crippen LogP contribution in [0.1, 0.15) is 83.1 Å². The zero-order chi connectivity index (χ0) is 14.8. The average molecular weight is 285 g/mol. The quantitative estimate of drug-likeness (QED) is 0.449. The minimum Gasteiger partial charge on any atom is -0.154 e. The number of fused-ring (bicyclic) bond motifs is 1. The largest absolute Gasteiger partial charge is 0.154 e. The summed E-state index contributed by atoms with van der Waals surface area (Å²) in [6, 6.07) is 8.29. The summed E-state index contributed by atoms with van der Waals surface area (Å²) in [5.74, 6) is 0. The van der Waals surface area contributed by atoms with Gasteiger partial charge in [-0.15, -0.1) is 0 Å². The van der Waals surface area contributed by atoms with Crippen molar-refractivity contribution < 1.29 is 0 Å². The van der Waals surface area contributed by atoms with Crippen LogP contribution < -0.4 is 5.43 Å². The van der Waals surface area contributed by atoms with Crippen molar-refractivity contribution in [3.63, 3.8) is 0 Å². The maximum absolute atomic E-state index is 4.32. The Morgan fingerprint density at radius 3 is 2.10 bits per heavy atom. The molecule has 0 saturated heterocycles. The summed E-state index contributed by atoms with van der Waals surface area (Å²) in [7, 11) is 0. The zero-order valence-corrected chi connectivity index (χ0v) is 13.5. The van der Waals surface area contributed by atoms with Gasteiger partial charge in [-0.25, -0.2) is 0 Å². The molecule has 0 bridgehead atoms. The molecule has 21 heavy (non-hydrogen) atoms. The molecule has 2 rings (SSSR count). The van der Waals surface area contributed by atoms with Gasteiger partial charge in [0.1, 0.15) is 0 Å². The minimum absolute atomic E-state index is 1.04. The monoisotopic (exact) mass is 285 g/mol. The summed E-state index contributed by atoms with van der Waals surface area (Å²) in [5.41, 5.74) is 7.70. The third kappa shape index (κ3) is 5.53. The Bertz CT molecular complexity index is 437. The lowest BCUT2D eigenvalue weighted by molar-refractivity contribution is 0.559. The lowest BCUT2D eigenvalue weighted by atomic mass is 10.0. The molecule has 0 saturated carbocycles. The first kappa shape index (κ1) is 16.1. The van der Waals surface area contributed by atoms with E-state index in [1.165, 1.54) is 75.5 Å². The Hall–Kier alpha value is -1.31. The number of nitrogens with zero attached hydrogens (tertiary/aromatic N) is 2. The van der Waals surface area contributed by atoms with Crippen LogP contribution in [0.5, 0.6) is 0 Å². The van der Waals surface area contributed by atoms with E-state index in [0.29, 0.717) is 0 Å². The predicted molar refractivity (Wildman–Crippen MR) is 91.2 cm³/mol. The van der Waals surface area contributed by atoms with Crippen LogP contribution in [0.3, 0.4) is 0 Å². The molecule has 1 radical (unpaired) electrons. The Morgan fingerprint density at radius 2 is 1.38 bits per heavy atom. The van der Waals surface area contributed by atoms with Gasteiger partial charge >= 0.3 is 0 Å². The molecule has 1 aromatic rings. The molecule has 0 N–H and O–H groups in total. The van der Waals surface area contributed by atoms with Crippen molar-refractivity contribution in [3.05, 3.63) is 29.8 Å². The highest BCUT2D eigenvalue weighted by Crippen LogP contribution is 2.24. The maximum atomic E-state index is 4.32. The van der Waals surface area contributed by atoms with Crippen LogP contribution in [0.2, 0.25) is 0 Å². The summed E-state index contributed by atoms with van der Waals surface area (Å²) >= 11 is 0. The zero-order valence-electron chi connectivity index (χ0n) is 13.5. The Labute approximate surface area is 130 Å². The number of benzene rings is 1. The summed E-state index contributed by atoms with van der Waals surface area (Å²) in [6.07, 6.45) is 14.9. The maximum Gasteiger partial charge on any atom is 0.0948 e. The van der Waals surface area contributed by atoms with Crippen molar-refractivity contribution in [2.24, 2.45) is 5.10 Å². The summed E-state index contributed by atoms with van der Waals surface area (Å²) in [5, 5.41) is 4.32. The molecule has 1 aliphatic heterocycles. The molecule has 0 unspecified atom stereocenters. The van der Waals surface area contributed by atoms with Gasteiger partial charge in [0.25, 0.3) is 0 Å². The van der Waals surface area contributed by atoms with Crippen molar-refractivity contribution in [2.45, 2.75) is 77.6 Å². The highest BCUT2D eigenvalue weighted by atomic mass is 15.3. The van der Waals surface area contributed by atoms with E-state index in [2.05, 4.69) is 29.6 Å². The molecule has 1 aliphatic rings. The first-order valence-corrected chi connectivity index (χ1v) is 8.79. The molecule has 0 atom stereocenters. The molecule has 115 valence electrons. The molecule has 0 fully saturated rings. The van der Waals surface area contributed by atoms with Gasteiger partial charge < -0.3 is 0 Å². The fourth-order valence-electron chi connectivity index (χ4n) is 2.94. The van der Waals surface area contributed by atoms with Gasteiger partial charge in [0.2, 0.25) is 0 Å². The molecule has 0 amide bonds. The van der Waals surface area contributed by atoms with Crippen LogP contribution in [0.25, 0.3) is 0 Å². The van der Waals surface area contributed by atoms with Crippen molar-refractivity contribution >= 4 is 11.4 Å². The van der Waals surface area contributed by atoms with E-state index in [4.69, 9.17) is 0 Å². The Morgan fingerprint density at radius 1 is 0.762 bits per heavy atom. The van der Waals surface area contributed by atoms with Crippen molar-refractivity contribution in [3.8, 4) is 0 Å². The highest BCUT2D eigenvalue weighted by molar-refractivity contribution is 6.06. The Balaban J connectivity index is 1.48. The van der Waals surface area contributed by atoms with Crippen LogP contribution >= 0.6 is 0 Å². The number of rotatable bonds is 11. The molecule has 1 heterocycles. The molecule has 0 aliphatic carbocycles. The van der Waals surface area contributed by atoms with Gasteiger partial charge in [0.15, 0.2) is 0 Å². The molecular weight excluding hydrogens is 256 g/mol. The molecule has 0 aromatic heterocycles.